The minimum atomic E-state index is 0.220. The summed E-state index contributed by atoms with van der Waals surface area (Å²) in [4.78, 5) is 14.8. The third-order valence-electron chi connectivity index (χ3n) is 4.40. The molecule has 3 nitrogen and oxygen atoms in total. The summed E-state index contributed by atoms with van der Waals surface area (Å²) in [5.74, 6) is 2.06. The quantitative estimate of drug-likeness (QED) is 0.852. The molecule has 1 amide bonds. The van der Waals surface area contributed by atoms with E-state index in [4.69, 9.17) is 5.73 Å². The molecule has 0 spiro atoms. The van der Waals surface area contributed by atoms with E-state index in [1.807, 2.05) is 11.8 Å². The summed E-state index contributed by atoms with van der Waals surface area (Å²) in [5, 5.41) is 0.220. The maximum absolute atomic E-state index is 12.6. The van der Waals surface area contributed by atoms with Gasteiger partial charge < -0.3 is 10.6 Å². The van der Waals surface area contributed by atoms with Crippen molar-refractivity contribution >= 4 is 17.7 Å². The first-order valence-corrected chi connectivity index (χ1v) is 8.45. The molecule has 3 atom stereocenters. The van der Waals surface area contributed by atoms with Crippen molar-refractivity contribution in [3.8, 4) is 0 Å². The number of thioether (sulfide) groups is 1. The van der Waals surface area contributed by atoms with Crippen LogP contribution in [0.5, 0.6) is 0 Å². The summed E-state index contributed by atoms with van der Waals surface area (Å²) >= 11 is 1.86. The van der Waals surface area contributed by atoms with Crippen LogP contribution in [0.1, 0.15) is 45.4 Å². The van der Waals surface area contributed by atoms with Gasteiger partial charge in [0.15, 0.2) is 0 Å². The Morgan fingerprint density at radius 1 is 1.28 bits per heavy atom. The van der Waals surface area contributed by atoms with Crippen molar-refractivity contribution in [3.05, 3.63) is 0 Å². The van der Waals surface area contributed by atoms with Gasteiger partial charge in [-0.2, -0.15) is 0 Å². The van der Waals surface area contributed by atoms with Gasteiger partial charge in [-0.3, -0.25) is 4.79 Å². The average Bonchev–Trinajstić information content (AvgIpc) is 2.89. The molecule has 2 aliphatic rings. The van der Waals surface area contributed by atoms with E-state index in [2.05, 4.69) is 11.8 Å². The topological polar surface area (TPSA) is 46.3 Å². The zero-order chi connectivity index (χ0) is 13.0. The molecule has 0 aromatic heterocycles. The number of nitrogens with two attached hydrogens (primary N) is 1. The Balaban J connectivity index is 2.00. The number of nitrogens with zero attached hydrogens (tertiary/aromatic N) is 1. The molecule has 2 rings (SSSR count). The van der Waals surface area contributed by atoms with Crippen LogP contribution in [0.4, 0.5) is 0 Å². The van der Waals surface area contributed by atoms with E-state index in [-0.39, 0.29) is 5.25 Å². The molecule has 3 unspecified atom stereocenters. The van der Waals surface area contributed by atoms with Crippen molar-refractivity contribution < 1.29 is 4.79 Å². The van der Waals surface area contributed by atoms with E-state index in [0.717, 1.165) is 31.7 Å². The van der Waals surface area contributed by atoms with E-state index in [9.17, 15) is 4.79 Å². The third kappa shape index (κ3) is 3.02. The van der Waals surface area contributed by atoms with Gasteiger partial charge >= 0.3 is 0 Å². The van der Waals surface area contributed by atoms with E-state index in [0.29, 0.717) is 17.9 Å². The lowest BCUT2D eigenvalue weighted by Gasteiger charge is -2.35. The summed E-state index contributed by atoms with van der Waals surface area (Å²) in [6, 6.07) is 0.412. The Labute approximate surface area is 115 Å². The van der Waals surface area contributed by atoms with E-state index in [1.54, 1.807) is 0 Å². The minimum Gasteiger partial charge on any atom is -0.339 e. The standard InChI is InChI=1S/C14H26N2OS/c1-2-16(12-7-5-6-11(12)10-15)14(17)13-8-3-4-9-18-13/h11-13H,2-10,15H2,1H3. The van der Waals surface area contributed by atoms with Crippen LogP contribution in [-0.2, 0) is 4.79 Å². The lowest BCUT2D eigenvalue weighted by molar-refractivity contribution is -0.133. The zero-order valence-corrected chi connectivity index (χ0v) is 12.3. The van der Waals surface area contributed by atoms with Crippen molar-refractivity contribution in [2.45, 2.75) is 56.7 Å². The second-order valence-corrected chi connectivity index (χ2v) is 6.78. The first kappa shape index (κ1) is 14.2. The molecule has 1 saturated carbocycles. The van der Waals surface area contributed by atoms with Crippen LogP contribution in [-0.4, -0.2) is 40.9 Å². The summed E-state index contributed by atoms with van der Waals surface area (Å²) in [6.07, 6.45) is 7.14. The highest BCUT2D eigenvalue weighted by Gasteiger charge is 2.36. The molecular formula is C14H26N2OS. The van der Waals surface area contributed by atoms with Gasteiger partial charge in [0.1, 0.15) is 0 Å². The fraction of sp³-hybridized carbons (Fsp3) is 0.929. The predicted octanol–water partition coefficient (Wildman–Crippen LogP) is 2.25. The van der Waals surface area contributed by atoms with Gasteiger partial charge in [0.05, 0.1) is 5.25 Å². The Hall–Kier alpha value is -0.220. The van der Waals surface area contributed by atoms with Crippen molar-refractivity contribution in [1.82, 2.24) is 4.90 Å². The predicted molar refractivity (Wildman–Crippen MR) is 77.7 cm³/mol. The molecule has 104 valence electrons. The van der Waals surface area contributed by atoms with Crippen LogP contribution in [0.3, 0.4) is 0 Å². The number of rotatable bonds is 4. The fourth-order valence-electron chi connectivity index (χ4n) is 3.38. The van der Waals surface area contributed by atoms with Crippen LogP contribution in [0.25, 0.3) is 0 Å². The first-order valence-electron chi connectivity index (χ1n) is 7.40. The first-order chi connectivity index (χ1) is 8.77. The summed E-state index contributed by atoms with van der Waals surface area (Å²) in [6.45, 7) is 3.68. The van der Waals surface area contributed by atoms with E-state index in [1.165, 1.54) is 25.7 Å². The molecule has 18 heavy (non-hydrogen) atoms. The molecule has 0 aromatic rings. The van der Waals surface area contributed by atoms with Crippen LogP contribution in [0.15, 0.2) is 0 Å². The second-order valence-electron chi connectivity index (χ2n) is 5.47. The largest absolute Gasteiger partial charge is 0.339 e. The zero-order valence-electron chi connectivity index (χ0n) is 11.4. The maximum atomic E-state index is 12.6. The van der Waals surface area contributed by atoms with Crippen molar-refractivity contribution in [2.75, 3.05) is 18.8 Å². The smallest absolute Gasteiger partial charge is 0.235 e. The average molecular weight is 270 g/mol. The SMILES string of the molecule is CCN(C(=O)C1CCCCS1)C1CCCC1CN. The van der Waals surface area contributed by atoms with Gasteiger partial charge in [-0.1, -0.05) is 12.8 Å². The van der Waals surface area contributed by atoms with E-state index < -0.39 is 0 Å². The number of carbonyl (C=O) groups excluding carboxylic acids is 1. The van der Waals surface area contributed by atoms with Crippen LogP contribution >= 0.6 is 11.8 Å². The molecular weight excluding hydrogens is 244 g/mol. The van der Waals surface area contributed by atoms with Gasteiger partial charge in [0.25, 0.3) is 0 Å². The monoisotopic (exact) mass is 270 g/mol. The van der Waals surface area contributed by atoms with Crippen molar-refractivity contribution in [1.29, 1.82) is 0 Å². The van der Waals surface area contributed by atoms with Gasteiger partial charge in [0, 0.05) is 12.6 Å². The Bertz CT molecular complexity index is 279. The lowest BCUT2D eigenvalue weighted by atomic mass is 10.0. The minimum absolute atomic E-state index is 0.220. The third-order valence-corrected chi connectivity index (χ3v) is 5.77. The number of hydrogen-bond acceptors (Lipinski definition) is 3. The lowest BCUT2D eigenvalue weighted by Crippen LogP contribution is -2.47. The molecule has 0 aromatic carbocycles. The number of amides is 1. The van der Waals surface area contributed by atoms with Gasteiger partial charge in [-0.05, 0) is 50.8 Å². The normalized spacial score (nSPS) is 32.4. The molecule has 2 fully saturated rings. The highest BCUT2D eigenvalue weighted by molar-refractivity contribution is 8.00. The highest BCUT2D eigenvalue weighted by atomic mass is 32.2. The van der Waals surface area contributed by atoms with Gasteiger partial charge in [0.2, 0.25) is 5.91 Å². The summed E-state index contributed by atoms with van der Waals surface area (Å²) < 4.78 is 0. The van der Waals surface area contributed by atoms with E-state index >= 15 is 0 Å². The summed E-state index contributed by atoms with van der Waals surface area (Å²) in [7, 11) is 0. The van der Waals surface area contributed by atoms with Crippen molar-refractivity contribution in [2.24, 2.45) is 11.7 Å². The molecule has 0 radical (unpaired) electrons. The maximum Gasteiger partial charge on any atom is 0.235 e. The highest BCUT2D eigenvalue weighted by Crippen LogP contribution is 2.32. The van der Waals surface area contributed by atoms with Crippen LogP contribution in [0.2, 0.25) is 0 Å². The molecule has 4 heteroatoms. The van der Waals surface area contributed by atoms with Crippen molar-refractivity contribution in [3.63, 3.8) is 0 Å². The van der Waals surface area contributed by atoms with Crippen LogP contribution < -0.4 is 5.73 Å². The molecule has 0 bridgehead atoms. The molecule has 1 aliphatic carbocycles. The molecule has 2 N–H and O–H groups in total. The molecule has 1 saturated heterocycles. The number of hydrogen-bond donors (Lipinski definition) is 1. The fourth-order valence-corrected chi connectivity index (χ4v) is 4.64. The molecule has 1 aliphatic heterocycles. The molecule has 1 heterocycles. The Kier molecular flexibility index (Phi) is 5.37. The Morgan fingerprint density at radius 2 is 2.11 bits per heavy atom. The van der Waals surface area contributed by atoms with Gasteiger partial charge in [-0.15, -0.1) is 11.8 Å². The summed E-state index contributed by atoms with van der Waals surface area (Å²) in [5.41, 5.74) is 5.85. The van der Waals surface area contributed by atoms with Gasteiger partial charge in [-0.25, -0.2) is 0 Å². The van der Waals surface area contributed by atoms with Crippen LogP contribution in [0, 0.1) is 5.92 Å². The second kappa shape index (κ2) is 6.80. The Morgan fingerprint density at radius 3 is 2.72 bits per heavy atom. The number of carbonyl (C=O) groups is 1.